The van der Waals surface area contributed by atoms with Gasteiger partial charge in [0, 0.05) is 11.4 Å². The van der Waals surface area contributed by atoms with E-state index in [1.807, 2.05) is 33.8 Å². The highest BCUT2D eigenvalue weighted by atomic mass is 35.5. The number of ether oxygens (including phenoxy) is 2. The number of hydrogen-bond acceptors (Lipinski definition) is 7. The van der Waals surface area contributed by atoms with Crippen LogP contribution in [0.25, 0.3) is 0 Å². The molecule has 9 heteroatoms. The summed E-state index contributed by atoms with van der Waals surface area (Å²) in [4.78, 5) is 20.6. The van der Waals surface area contributed by atoms with Gasteiger partial charge in [0.15, 0.2) is 16.7 Å². The van der Waals surface area contributed by atoms with Crippen molar-refractivity contribution in [3.8, 4) is 11.5 Å². The number of thioether (sulfide) groups is 1. The van der Waals surface area contributed by atoms with E-state index in [-0.39, 0.29) is 17.8 Å². The average molecular weight is 437 g/mol. The third-order valence-electron chi connectivity index (χ3n) is 3.84. The molecule has 2 rings (SSSR count). The van der Waals surface area contributed by atoms with Gasteiger partial charge in [0.1, 0.15) is 0 Å². The van der Waals surface area contributed by atoms with Gasteiger partial charge in [-0.15, -0.1) is 0 Å². The molecule has 0 radical (unpaired) electrons. The Kier molecular flexibility index (Phi) is 8.72. The summed E-state index contributed by atoms with van der Waals surface area (Å²) in [7, 11) is 1.55. The van der Waals surface area contributed by atoms with Crippen molar-refractivity contribution in [2.75, 3.05) is 12.9 Å². The van der Waals surface area contributed by atoms with Gasteiger partial charge in [0.05, 0.1) is 30.2 Å². The van der Waals surface area contributed by atoms with Crippen LogP contribution < -0.4 is 14.9 Å². The van der Waals surface area contributed by atoms with Crippen molar-refractivity contribution in [1.82, 2.24) is 15.4 Å². The number of halogens is 1. The smallest absolute Gasteiger partial charge is 0.250 e. The second-order valence-corrected chi connectivity index (χ2v) is 7.74. The number of aryl methyl sites for hydroxylation is 2. The Bertz CT molecular complexity index is 872. The van der Waals surface area contributed by atoms with Crippen LogP contribution in [0.1, 0.15) is 37.2 Å². The van der Waals surface area contributed by atoms with Crippen molar-refractivity contribution >= 4 is 35.5 Å². The molecule has 0 saturated heterocycles. The molecule has 0 bridgehead atoms. The van der Waals surface area contributed by atoms with Crippen LogP contribution in [0, 0.1) is 13.8 Å². The minimum atomic E-state index is -0.260. The Morgan fingerprint density at radius 2 is 2.00 bits per heavy atom. The molecule has 1 aromatic heterocycles. The number of methoxy groups -OCH3 is 1. The summed E-state index contributed by atoms with van der Waals surface area (Å²) >= 11 is 7.58. The summed E-state index contributed by atoms with van der Waals surface area (Å²) in [6.45, 7) is 7.77. The molecule has 0 saturated carbocycles. The third kappa shape index (κ3) is 7.21. The van der Waals surface area contributed by atoms with Gasteiger partial charge in [-0.05, 0) is 51.0 Å². The molecule has 156 valence electrons. The quantitative estimate of drug-likeness (QED) is 0.275. The summed E-state index contributed by atoms with van der Waals surface area (Å²) in [6, 6.07) is 5.33. The highest BCUT2D eigenvalue weighted by Gasteiger charge is 2.14. The fourth-order valence-electron chi connectivity index (χ4n) is 2.31. The van der Waals surface area contributed by atoms with E-state index < -0.39 is 0 Å². The second kappa shape index (κ2) is 11.0. The summed E-state index contributed by atoms with van der Waals surface area (Å²) in [6.07, 6.45) is 2.36. The first-order valence-corrected chi connectivity index (χ1v) is 10.5. The first kappa shape index (κ1) is 23.0. The lowest BCUT2D eigenvalue weighted by atomic mass is 10.2. The van der Waals surface area contributed by atoms with E-state index in [9.17, 15) is 4.79 Å². The van der Waals surface area contributed by atoms with E-state index in [4.69, 9.17) is 21.1 Å². The van der Waals surface area contributed by atoms with E-state index in [2.05, 4.69) is 20.5 Å². The zero-order valence-electron chi connectivity index (χ0n) is 17.2. The van der Waals surface area contributed by atoms with Crippen LogP contribution in [-0.4, -0.2) is 41.1 Å². The normalized spacial score (nSPS) is 12.1. The van der Waals surface area contributed by atoms with E-state index in [0.29, 0.717) is 27.2 Å². The van der Waals surface area contributed by atoms with Crippen LogP contribution in [0.15, 0.2) is 28.5 Å². The number of nitrogens with zero attached hydrogens (tertiary/aromatic N) is 3. The molecule has 29 heavy (non-hydrogen) atoms. The highest BCUT2D eigenvalue weighted by molar-refractivity contribution is 7.99. The SMILES string of the molecule is CC[C@H](C)Oc1c(Cl)cc(/C=N\NC(=O)CSc2nc(C)cc(C)n2)cc1OC. The van der Waals surface area contributed by atoms with Crippen LogP contribution in [0.4, 0.5) is 0 Å². The lowest BCUT2D eigenvalue weighted by molar-refractivity contribution is -0.118. The number of aromatic nitrogens is 2. The lowest BCUT2D eigenvalue weighted by Crippen LogP contribution is -2.19. The molecular formula is C20H25ClN4O3S. The van der Waals surface area contributed by atoms with Gasteiger partial charge in [-0.2, -0.15) is 5.10 Å². The summed E-state index contributed by atoms with van der Waals surface area (Å²) < 4.78 is 11.2. The lowest BCUT2D eigenvalue weighted by Gasteiger charge is -2.17. The van der Waals surface area contributed by atoms with Crippen molar-refractivity contribution in [2.24, 2.45) is 5.10 Å². The van der Waals surface area contributed by atoms with E-state index in [1.54, 1.807) is 19.2 Å². The zero-order chi connectivity index (χ0) is 21.4. The largest absolute Gasteiger partial charge is 0.493 e. The molecule has 1 atom stereocenters. The highest BCUT2D eigenvalue weighted by Crippen LogP contribution is 2.37. The molecule has 0 spiro atoms. The second-order valence-electron chi connectivity index (χ2n) is 6.39. The Morgan fingerprint density at radius 1 is 1.31 bits per heavy atom. The van der Waals surface area contributed by atoms with Crippen LogP contribution >= 0.6 is 23.4 Å². The number of hydrazone groups is 1. The fraction of sp³-hybridized carbons (Fsp3) is 0.400. The average Bonchev–Trinajstić information content (AvgIpc) is 2.67. The Balaban J connectivity index is 1.96. The molecule has 1 aromatic carbocycles. The first-order chi connectivity index (χ1) is 13.8. The number of carbonyl (C=O) groups excluding carboxylic acids is 1. The third-order valence-corrected chi connectivity index (χ3v) is 4.97. The standard InChI is InChI=1S/C20H25ClN4O3S/c1-6-14(4)28-19-16(21)8-15(9-17(19)27-5)10-22-25-18(26)11-29-20-23-12(2)7-13(3)24-20/h7-10,14H,6,11H2,1-5H3,(H,25,26)/b22-10-/t14-/m0/s1. The monoisotopic (exact) mass is 436 g/mol. The van der Waals surface area contributed by atoms with Crippen molar-refractivity contribution in [2.45, 2.75) is 45.4 Å². The van der Waals surface area contributed by atoms with Gasteiger partial charge in [-0.1, -0.05) is 30.3 Å². The summed E-state index contributed by atoms with van der Waals surface area (Å²) in [5, 5.41) is 4.96. The topological polar surface area (TPSA) is 85.7 Å². The van der Waals surface area contributed by atoms with Gasteiger partial charge in [-0.25, -0.2) is 15.4 Å². The zero-order valence-corrected chi connectivity index (χ0v) is 18.7. The van der Waals surface area contributed by atoms with E-state index >= 15 is 0 Å². The number of benzene rings is 1. The Morgan fingerprint density at radius 3 is 2.62 bits per heavy atom. The predicted molar refractivity (Wildman–Crippen MR) is 116 cm³/mol. The number of rotatable bonds is 9. The molecule has 0 aliphatic rings. The maximum absolute atomic E-state index is 12.0. The van der Waals surface area contributed by atoms with Gasteiger partial charge in [-0.3, -0.25) is 4.79 Å². The van der Waals surface area contributed by atoms with Crippen molar-refractivity contribution in [3.63, 3.8) is 0 Å². The molecule has 1 amide bonds. The minimum Gasteiger partial charge on any atom is -0.493 e. The van der Waals surface area contributed by atoms with Crippen molar-refractivity contribution < 1.29 is 14.3 Å². The van der Waals surface area contributed by atoms with Gasteiger partial charge in [0.25, 0.3) is 5.91 Å². The molecule has 0 aliphatic heterocycles. The predicted octanol–water partition coefficient (Wildman–Crippen LogP) is 4.18. The van der Waals surface area contributed by atoms with Crippen LogP contribution in [0.3, 0.4) is 0 Å². The minimum absolute atomic E-state index is 0.0128. The summed E-state index contributed by atoms with van der Waals surface area (Å²) in [5.74, 6) is 0.901. The molecule has 2 aromatic rings. The molecule has 1 N–H and O–H groups in total. The van der Waals surface area contributed by atoms with Crippen molar-refractivity contribution in [1.29, 1.82) is 0 Å². The number of hydrogen-bond donors (Lipinski definition) is 1. The molecule has 7 nitrogen and oxygen atoms in total. The maximum Gasteiger partial charge on any atom is 0.250 e. The Hall–Kier alpha value is -2.32. The maximum atomic E-state index is 12.0. The first-order valence-electron chi connectivity index (χ1n) is 9.13. The Labute approximate surface area is 180 Å². The van der Waals surface area contributed by atoms with Gasteiger partial charge < -0.3 is 9.47 Å². The van der Waals surface area contributed by atoms with Crippen LogP contribution in [0.5, 0.6) is 11.5 Å². The van der Waals surface area contributed by atoms with Crippen LogP contribution in [-0.2, 0) is 4.79 Å². The molecule has 0 unspecified atom stereocenters. The molecule has 0 fully saturated rings. The molecule has 1 heterocycles. The summed E-state index contributed by atoms with van der Waals surface area (Å²) in [5.41, 5.74) is 4.89. The fourth-order valence-corrected chi connectivity index (χ4v) is 3.32. The van der Waals surface area contributed by atoms with E-state index in [0.717, 1.165) is 17.8 Å². The van der Waals surface area contributed by atoms with E-state index in [1.165, 1.54) is 18.0 Å². The number of carbonyl (C=O) groups is 1. The number of amides is 1. The number of nitrogens with one attached hydrogen (secondary N) is 1. The van der Waals surface area contributed by atoms with Gasteiger partial charge in [0.2, 0.25) is 0 Å². The van der Waals surface area contributed by atoms with Crippen molar-refractivity contribution in [3.05, 3.63) is 40.2 Å². The molecular weight excluding hydrogens is 412 g/mol. The van der Waals surface area contributed by atoms with Crippen LogP contribution in [0.2, 0.25) is 5.02 Å². The molecule has 0 aliphatic carbocycles. The van der Waals surface area contributed by atoms with Gasteiger partial charge >= 0.3 is 0 Å².